The second kappa shape index (κ2) is 9.83. The van der Waals surface area contributed by atoms with E-state index in [1.165, 1.54) is 0 Å². The van der Waals surface area contributed by atoms with Crippen LogP contribution in [0.2, 0.25) is 0 Å². The molecule has 1 rings (SSSR count). The molecule has 96 valence electrons. The highest BCUT2D eigenvalue weighted by molar-refractivity contribution is 9.10. The molecule has 1 aromatic rings. The second-order valence-corrected chi connectivity index (χ2v) is 5.38. The van der Waals surface area contributed by atoms with Gasteiger partial charge in [-0.15, -0.1) is 19.0 Å². The minimum absolute atomic E-state index is 0. The summed E-state index contributed by atoms with van der Waals surface area (Å²) >= 11 is 5.23. The summed E-state index contributed by atoms with van der Waals surface area (Å²) in [5, 5.41) is 12.9. The molecule has 0 aliphatic rings. The van der Waals surface area contributed by atoms with Gasteiger partial charge in [-0.25, -0.2) is 0 Å². The molecular weight excluding hydrogens is 322 g/mol. The Hall–Kier alpha value is -0.160. The maximum Gasteiger partial charge on any atom is 0.120 e. The molecule has 17 heavy (non-hydrogen) atoms. The van der Waals surface area contributed by atoms with Crippen molar-refractivity contribution in [3.05, 3.63) is 40.9 Å². The highest BCUT2D eigenvalue weighted by Gasteiger charge is 2.00. The van der Waals surface area contributed by atoms with E-state index in [-0.39, 0.29) is 12.4 Å². The van der Waals surface area contributed by atoms with Crippen molar-refractivity contribution in [2.45, 2.75) is 6.54 Å². The lowest BCUT2D eigenvalue weighted by molar-refractivity contribution is 0.465. The van der Waals surface area contributed by atoms with Gasteiger partial charge in [0.25, 0.3) is 0 Å². The first-order valence-electron chi connectivity index (χ1n) is 5.11. The highest BCUT2D eigenvalue weighted by Crippen LogP contribution is 2.21. The molecule has 5 heteroatoms. The van der Waals surface area contributed by atoms with Crippen LogP contribution in [0.5, 0.6) is 5.75 Å². The smallest absolute Gasteiger partial charge is 0.120 e. The lowest BCUT2D eigenvalue weighted by atomic mass is 10.2. The molecule has 0 atom stereocenters. The minimum atomic E-state index is 0. The van der Waals surface area contributed by atoms with Crippen molar-refractivity contribution in [1.29, 1.82) is 0 Å². The number of thioether (sulfide) groups is 1. The Morgan fingerprint density at radius 1 is 1.47 bits per heavy atom. The standard InChI is InChI=1S/C12H16BrNOS.ClH/c1-2-6-16-7-5-14-9-10-8-11(13)3-4-12(10)15;/h2-4,8,14-15H,1,5-7,9H2;1H. The summed E-state index contributed by atoms with van der Waals surface area (Å²) in [6.07, 6.45) is 1.91. The topological polar surface area (TPSA) is 32.3 Å². The summed E-state index contributed by atoms with van der Waals surface area (Å²) in [6, 6.07) is 5.46. The van der Waals surface area contributed by atoms with Crippen molar-refractivity contribution < 1.29 is 5.11 Å². The summed E-state index contributed by atoms with van der Waals surface area (Å²) in [4.78, 5) is 0. The van der Waals surface area contributed by atoms with Crippen molar-refractivity contribution >= 4 is 40.1 Å². The average molecular weight is 339 g/mol. The molecule has 0 bridgehead atoms. The fourth-order valence-corrected chi connectivity index (χ4v) is 2.26. The minimum Gasteiger partial charge on any atom is -0.508 e. The Kier molecular flexibility index (Phi) is 9.74. The van der Waals surface area contributed by atoms with Crippen LogP contribution in [0.4, 0.5) is 0 Å². The van der Waals surface area contributed by atoms with Crippen LogP contribution < -0.4 is 5.32 Å². The molecule has 0 heterocycles. The van der Waals surface area contributed by atoms with Gasteiger partial charge < -0.3 is 10.4 Å². The molecule has 0 saturated carbocycles. The molecule has 0 amide bonds. The normalized spacial score (nSPS) is 9.71. The number of hydrogen-bond donors (Lipinski definition) is 2. The summed E-state index contributed by atoms with van der Waals surface area (Å²) < 4.78 is 0.989. The van der Waals surface area contributed by atoms with Crippen LogP contribution in [0.3, 0.4) is 0 Å². The van der Waals surface area contributed by atoms with Gasteiger partial charge in [-0.2, -0.15) is 11.8 Å². The van der Waals surface area contributed by atoms with Crippen LogP contribution in [-0.4, -0.2) is 23.2 Å². The van der Waals surface area contributed by atoms with Crippen molar-refractivity contribution in [3.63, 3.8) is 0 Å². The Morgan fingerprint density at radius 2 is 2.24 bits per heavy atom. The number of aromatic hydroxyl groups is 1. The molecule has 2 N–H and O–H groups in total. The Balaban J connectivity index is 0.00000256. The molecule has 0 aliphatic heterocycles. The largest absolute Gasteiger partial charge is 0.508 e. The van der Waals surface area contributed by atoms with Gasteiger partial charge in [0, 0.05) is 34.6 Å². The number of phenols is 1. The predicted octanol–water partition coefficient (Wildman–Crippen LogP) is 3.59. The van der Waals surface area contributed by atoms with Gasteiger partial charge in [-0.1, -0.05) is 22.0 Å². The van der Waals surface area contributed by atoms with Gasteiger partial charge in [0.15, 0.2) is 0 Å². The van der Waals surface area contributed by atoms with Gasteiger partial charge in [0.2, 0.25) is 0 Å². The van der Waals surface area contributed by atoms with E-state index in [1.54, 1.807) is 6.07 Å². The number of rotatable bonds is 7. The summed E-state index contributed by atoms with van der Waals surface area (Å²) in [7, 11) is 0. The molecule has 2 nitrogen and oxygen atoms in total. The third kappa shape index (κ3) is 6.99. The predicted molar refractivity (Wildman–Crippen MR) is 82.3 cm³/mol. The Bertz CT molecular complexity index is 349. The lowest BCUT2D eigenvalue weighted by Gasteiger charge is -2.06. The summed E-state index contributed by atoms with van der Waals surface area (Å²) in [6.45, 7) is 5.30. The highest BCUT2D eigenvalue weighted by atomic mass is 79.9. The second-order valence-electron chi connectivity index (χ2n) is 3.31. The van der Waals surface area contributed by atoms with Gasteiger partial charge in [0.1, 0.15) is 5.75 Å². The number of benzene rings is 1. The van der Waals surface area contributed by atoms with Gasteiger partial charge in [0.05, 0.1) is 0 Å². The van der Waals surface area contributed by atoms with Crippen molar-refractivity contribution in [1.82, 2.24) is 5.32 Å². The van der Waals surface area contributed by atoms with E-state index >= 15 is 0 Å². The monoisotopic (exact) mass is 337 g/mol. The van der Waals surface area contributed by atoms with Crippen LogP contribution in [0.15, 0.2) is 35.3 Å². The zero-order valence-corrected chi connectivity index (χ0v) is 12.7. The quantitative estimate of drug-likeness (QED) is 0.589. The molecule has 0 aromatic heterocycles. The van der Waals surface area contributed by atoms with Crippen LogP contribution in [0.1, 0.15) is 5.56 Å². The van der Waals surface area contributed by atoms with E-state index in [9.17, 15) is 5.11 Å². The molecule has 0 spiro atoms. The third-order valence-electron chi connectivity index (χ3n) is 2.02. The summed E-state index contributed by atoms with van der Waals surface area (Å²) in [5.41, 5.74) is 0.920. The van der Waals surface area contributed by atoms with E-state index in [2.05, 4.69) is 27.8 Å². The number of hydrogen-bond acceptors (Lipinski definition) is 3. The van der Waals surface area contributed by atoms with Crippen LogP contribution in [-0.2, 0) is 6.54 Å². The fourth-order valence-electron chi connectivity index (χ4n) is 1.23. The first-order valence-corrected chi connectivity index (χ1v) is 7.05. The SMILES string of the molecule is C=CCSCCNCc1cc(Br)ccc1O.Cl. The molecule has 1 aromatic carbocycles. The Morgan fingerprint density at radius 3 is 2.94 bits per heavy atom. The van der Waals surface area contributed by atoms with E-state index in [1.807, 2.05) is 30.0 Å². The summed E-state index contributed by atoms with van der Waals surface area (Å²) in [5.74, 6) is 2.39. The molecule has 0 aliphatic carbocycles. The first kappa shape index (κ1) is 16.8. The maximum absolute atomic E-state index is 9.60. The van der Waals surface area contributed by atoms with E-state index in [4.69, 9.17) is 0 Å². The zero-order chi connectivity index (χ0) is 11.8. The molecule has 0 saturated heterocycles. The molecular formula is C12H17BrClNOS. The number of nitrogens with one attached hydrogen (secondary N) is 1. The maximum atomic E-state index is 9.60. The van der Waals surface area contributed by atoms with Crippen molar-refractivity contribution in [2.75, 3.05) is 18.1 Å². The van der Waals surface area contributed by atoms with Gasteiger partial charge in [-0.05, 0) is 18.2 Å². The van der Waals surface area contributed by atoms with Crippen molar-refractivity contribution in [2.24, 2.45) is 0 Å². The molecule has 0 unspecified atom stereocenters. The number of phenolic OH excluding ortho intramolecular Hbond substituents is 1. The lowest BCUT2D eigenvalue weighted by Crippen LogP contribution is -2.16. The zero-order valence-electron chi connectivity index (χ0n) is 9.49. The van der Waals surface area contributed by atoms with Crippen LogP contribution >= 0.6 is 40.1 Å². The first-order chi connectivity index (χ1) is 7.74. The van der Waals surface area contributed by atoms with Gasteiger partial charge in [-0.3, -0.25) is 0 Å². The van der Waals surface area contributed by atoms with Crippen molar-refractivity contribution in [3.8, 4) is 5.75 Å². The third-order valence-corrected chi connectivity index (χ3v) is 3.47. The van der Waals surface area contributed by atoms with E-state index in [0.29, 0.717) is 12.3 Å². The van der Waals surface area contributed by atoms with Gasteiger partial charge >= 0.3 is 0 Å². The van der Waals surface area contributed by atoms with Crippen LogP contribution in [0.25, 0.3) is 0 Å². The fraction of sp³-hybridized carbons (Fsp3) is 0.333. The number of halogens is 2. The van der Waals surface area contributed by atoms with Crippen LogP contribution in [0, 0.1) is 0 Å². The van der Waals surface area contributed by atoms with E-state index < -0.39 is 0 Å². The Labute approximate surface area is 121 Å². The molecule has 0 fully saturated rings. The van der Waals surface area contributed by atoms with E-state index in [0.717, 1.165) is 28.1 Å². The molecule has 0 radical (unpaired) electrons. The average Bonchev–Trinajstić information content (AvgIpc) is 2.28.